The summed E-state index contributed by atoms with van der Waals surface area (Å²) in [7, 11) is 0. The van der Waals surface area contributed by atoms with E-state index in [1.54, 1.807) is 48.5 Å². The van der Waals surface area contributed by atoms with Crippen LogP contribution in [0.4, 0.5) is 20.2 Å². The van der Waals surface area contributed by atoms with Gasteiger partial charge in [-0.2, -0.15) is 0 Å². The number of aromatic nitrogens is 2. The summed E-state index contributed by atoms with van der Waals surface area (Å²) in [6.07, 6.45) is -5.54. The number of hydrogen-bond donors (Lipinski definition) is 6. The molecule has 2 aromatic heterocycles. The Morgan fingerprint density at radius 1 is 0.464 bits per heavy atom. The van der Waals surface area contributed by atoms with Crippen molar-refractivity contribution >= 4 is 72.9 Å². The van der Waals surface area contributed by atoms with Gasteiger partial charge in [0.25, 0.3) is 11.8 Å². The van der Waals surface area contributed by atoms with Crippen LogP contribution in [-0.4, -0.2) is 115 Å². The third-order valence-corrected chi connectivity index (χ3v) is 13.8. The first kappa shape index (κ1) is 68.1. The number of anilines is 2. The van der Waals surface area contributed by atoms with Gasteiger partial charge in [-0.3, -0.25) is 9.59 Å². The van der Waals surface area contributed by atoms with Gasteiger partial charge in [0.1, 0.15) is 11.6 Å². The van der Waals surface area contributed by atoms with Crippen molar-refractivity contribution in [1.29, 1.82) is 0 Å². The van der Waals surface area contributed by atoms with E-state index in [-0.39, 0.29) is 120 Å². The maximum atomic E-state index is 14.0. The summed E-state index contributed by atoms with van der Waals surface area (Å²) in [6, 6.07) is 49.4. The number of amides is 2. The van der Waals surface area contributed by atoms with Gasteiger partial charge in [-0.1, -0.05) is 125 Å². The fraction of sp³-hybridized carbons (Fsp3) is 0.273. The molecule has 6 N–H and O–H groups in total. The number of hydrogen-bond acceptors (Lipinski definition) is 10. The van der Waals surface area contributed by atoms with Crippen molar-refractivity contribution in [3.8, 4) is 44.8 Å². The zero-order valence-electron chi connectivity index (χ0n) is 48.9. The topological polar surface area (TPSA) is 229 Å². The Labute approximate surface area is 531 Å². The Kier molecular flexibility index (Phi) is 26.4. The van der Waals surface area contributed by atoms with Gasteiger partial charge in [0.05, 0.1) is 46.9 Å². The average Bonchev–Trinajstić information content (AvgIpc) is 2.07. The van der Waals surface area contributed by atoms with Crippen LogP contribution in [0.25, 0.3) is 44.8 Å². The fourth-order valence-corrected chi connectivity index (χ4v) is 10.4. The summed E-state index contributed by atoms with van der Waals surface area (Å²) in [5.41, 5.74) is 9.43. The van der Waals surface area contributed by atoms with Crippen molar-refractivity contribution in [2.45, 2.75) is 116 Å². The van der Waals surface area contributed by atoms with E-state index in [1.807, 2.05) is 134 Å². The number of carbonyl (C=O) groups is 4. The molecule has 2 amide bonds. The fourth-order valence-electron chi connectivity index (χ4n) is 10.4. The molecule has 18 heteroatoms. The van der Waals surface area contributed by atoms with E-state index in [1.165, 1.54) is 24.3 Å². The number of aliphatic hydroxyl groups is 4. The van der Waals surface area contributed by atoms with Gasteiger partial charge in [0, 0.05) is 71.8 Å². The number of para-hydroxylation sites is 2. The first-order chi connectivity index (χ1) is 39.3. The van der Waals surface area contributed by atoms with Crippen molar-refractivity contribution < 1.29 is 78.9 Å². The molecule has 2 heterocycles. The number of aliphatic hydroxyl groups excluding tert-OH is 4. The van der Waals surface area contributed by atoms with E-state index in [4.69, 9.17) is 0 Å². The van der Waals surface area contributed by atoms with Gasteiger partial charge >= 0.3 is 56.6 Å². The second-order valence-corrected chi connectivity index (χ2v) is 20.8. The van der Waals surface area contributed by atoms with E-state index in [0.717, 1.165) is 22.5 Å². The number of benzene rings is 6. The molecule has 0 saturated heterocycles. The molecule has 14 nitrogen and oxygen atoms in total. The molecule has 0 aliphatic heterocycles. The molecule has 0 aliphatic rings. The molecule has 84 heavy (non-hydrogen) atoms. The standard InChI is InChI=1S/2C33H35FN2O5.Ca.Li.H/c2*1-21(2)31-30(33(41)35-25-11-7-4-8-12-25)29(22-9-5-3-6-10-22)32(23-13-15-24(34)16-14-23)36(31)18-17-26(37)19-27(38)20-28(39)40;;;/h2*3-16,21,26-27,37-38H,17-20H2,1-2H3,(H,35,41)(H,39,40);;;/q;;+2;+1;-1/p-2/t2*26-,27-;;;/m11.../s1. The van der Waals surface area contributed by atoms with Gasteiger partial charge in [-0.25, -0.2) is 8.78 Å². The molecule has 0 unspecified atom stereocenters. The predicted molar refractivity (Wildman–Crippen MR) is 316 cm³/mol. The molecule has 0 fully saturated rings. The van der Waals surface area contributed by atoms with E-state index >= 15 is 0 Å². The summed E-state index contributed by atoms with van der Waals surface area (Å²) in [5.74, 6) is -4.41. The van der Waals surface area contributed by atoms with E-state index < -0.39 is 60.8 Å². The van der Waals surface area contributed by atoms with Gasteiger partial charge in [0.2, 0.25) is 0 Å². The zero-order chi connectivity index (χ0) is 59.0. The summed E-state index contributed by atoms with van der Waals surface area (Å²) >= 11 is 0. The summed E-state index contributed by atoms with van der Waals surface area (Å²) < 4.78 is 32.0. The Morgan fingerprint density at radius 2 is 0.762 bits per heavy atom. The normalized spacial score (nSPS) is 12.4. The maximum absolute atomic E-state index is 14.0. The second kappa shape index (κ2) is 32.6. The van der Waals surface area contributed by atoms with Gasteiger partial charge in [-0.15, -0.1) is 0 Å². The summed E-state index contributed by atoms with van der Waals surface area (Å²) in [5, 5.41) is 69.2. The number of carbonyl (C=O) groups excluding carboxylic acids is 4. The minimum Gasteiger partial charge on any atom is -1.00 e. The van der Waals surface area contributed by atoms with E-state index in [0.29, 0.717) is 56.1 Å². The van der Waals surface area contributed by atoms with Gasteiger partial charge < -0.3 is 61.4 Å². The Balaban J connectivity index is 0.000000352. The molecular weight excluding hydrogens is 1090 g/mol. The Morgan fingerprint density at radius 3 is 1.05 bits per heavy atom. The third kappa shape index (κ3) is 18.2. The van der Waals surface area contributed by atoms with Crippen molar-refractivity contribution in [2.75, 3.05) is 10.6 Å². The van der Waals surface area contributed by atoms with Crippen molar-refractivity contribution in [2.24, 2.45) is 0 Å². The van der Waals surface area contributed by atoms with Crippen molar-refractivity contribution in [1.82, 2.24) is 9.13 Å². The smallest absolute Gasteiger partial charge is 1.00 e. The molecule has 4 atom stereocenters. The SMILES string of the molecule is CC(C)c1c(C(=O)Nc2ccccc2)c(-c2ccccc2)c(-c2ccc(F)cc2)n1CC[C@@H](O)C[C@@H](O)CC(=O)[O-].CC(C)c1c(C(=O)Nc2ccccc2)c(-c2ccccc2)c(-c2ccc(F)cc2)n1CC[C@@H](O)C[C@@H](O)CC(=O)[O-].[Ca+2].[H-].[Li+]. The number of carboxylic acid groups (broad SMARTS) is 2. The van der Waals surface area contributed by atoms with E-state index in [2.05, 4.69) is 10.6 Å². The molecule has 8 aromatic rings. The number of rotatable bonds is 24. The van der Waals surface area contributed by atoms with Crippen LogP contribution in [0, 0.1) is 11.6 Å². The first-order valence-corrected chi connectivity index (χ1v) is 27.3. The van der Waals surface area contributed by atoms with Crippen LogP contribution in [0.3, 0.4) is 0 Å². The van der Waals surface area contributed by atoms with E-state index in [9.17, 15) is 58.6 Å². The minimum absolute atomic E-state index is 0. The maximum Gasteiger partial charge on any atom is 2.00 e. The predicted octanol–water partition coefficient (Wildman–Crippen LogP) is 6.69. The number of nitrogens with one attached hydrogen (secondary N) is 2. The van der Waals surface area contributed by atoms with Gasteiger partial charge in [0.15, 0.2) is 0 Å². The van der Waals surface area contributed by atoms with Crippen molar-refractivity contribution in [3.63, 3.8) is 0 Å². The largest absolute Gasteiger partial charge is 2.00 e. The first-order valence-electron chi connectivity index (χ1n) is 27.3. The molecule has 430 valence electrons. The zero-order valence-corrected chi connectivity index (χ0v) is 50.1. The van der Waals surface area contributed by atoms with Crippen LogP contribution in [-0.2, 0) is 22.7 Å². The minimum atomic E-state index is -1.39. The summed E-state index contributed by atoms with van der Waals surface area (Å²) in [4.78, 5) is 49.8. The number of halogens is 2. The van der Waals surface area contributed by atoms with Crippen LogP contribution in [0.5, 0.6) is 0 Å². The molecule has 0 aliphatic carbocycles. The van der Waals surface area contributed by atoms with Crippen LogP contribution in [0.2, 0.25) is 0 Å². The molecule has 8 rings (SSSR count). The quantitative estimate of drug-likeness (QED) is 0.0351. The van der Waals surface area contributed by atoms with Crippen LogP contribution < -0.4 is 39.7 Å². The summed E-state index contributed by atoms with van der Waals surface area (Å²) in [6.45, 7) is 8.45. The molecule has 0 radical (unpaired) electrons. The van der Waals surface area contributed by atoms with Crippen molar-refractivity contribution in [3.05, 3.63) is 204 Å². The Bertz CT molecular complexity index is 3180. The second-order valence-electron chi connectivity index (χ2n) is 20.8. The number of carboxylic acids is 2. The van der Waals surface area contributed by atoms with Crippen LogP contribution in [0.1, 0.15) is 112 Å². The Hall–Kier alpha value is -6.68. The molecule has 0 saturated carbocycles. The van der Waals surface area contributed by atoms with Crippen LogP contribution in [0.15, 0.2) is 170 Å². The van der Waals surface area contributed by atoms with Gasteiger partial charge in [-0.05, 0) is 133 Å². The number of aliphatic carboxylic acids is 2. The molecule has 0 spiro atoms. The monoisotopic (exact) mass is 1160 g/mol. The number of nitrogens with zero attached hydrogens (tertiary/aromatic N) is 2. The third-order valence-electron chi connectivity index (χ3n) is 13.8. The average molecular weight is 1160 g/mol. The molecule has 0 bridgehead atoms. The molecule has 6 aromatic carbocycles. The van der Waals surface area contributed by atoms with Crippen LogP contribution >= 0.6 is 0 Å². The molecular formula is C66H69CaF2LiN4O10.